The second-order valence-electron chi connectivity index (χ2n) is 10.0. The third-order valence-corrected chi connectivity index (χ3v) is 5.83. The molecule has 0 fully saturated rings. The van der Waals surface area contributed by atoms with E-state index in [9.17, 15) is 18.4 Å². The molecule has 0 saturated carbocycles. The van der Waals surface area contributed by atoms with E-state index >= 15 is 0 Å². The minimum Gasteiger partial charge on any atom is -0.459 e. The highest BCUT2D eigenvalue weighted by molar-refractivity contribution is 5.86. The van der Waals surface area contributed by atoms with E-state index in [1.807, 2.05) is 65.4 Å². The van der Waals surface area contributed by atoms with E-state index in [1.54, 1.807) is 20.8 Å². The Hall–Kier alpha value is -4.20. The van der Waals surface area contributed by atoms with Gasteiger partial charge in [0.05, 0.1) is 0 Å². The quantitative estimate of drug-likeness (QED) is 0.283. The summed E-state index contributed by atoms with van der Waals surface area (Å²) in [6.07, 6.45) is 1.25. The summed E-state index contributed by atoms with van der Waals surface area (Å²) in [5, 5.41) is 3.52. The summed E-state index contributed by atoms with van der Waals surface area (Å²) in [6.45, 7) is 5.56. The zero-order valence-electron chi connectivity index (χ0n) is 21.5. The second-order valence-corrected chi connectivity index (χ2v) is 10.0. The Bertz CT molecular complexity index is 1430. The van der Waals surface area contributed by atoms with Crippen molar-refractivity contribution in [2.75, 3.05) is 0 Å². The van der Waals surface area contributed by atoms with Crippen molar-refractivity contribution in [3.8, 4) is 0 Å². The topological polar surface area (TPSA) is 69.6 Å². The van der Waals surface area contributed by atoms with E-state index in [0.717, 1.165) is 34.2 Å². The number of alkyl carbamates (subject to hydrolysis) is 1. The van der Waals surface area contributed by atoms with Gasteiger partial charge in [0.1, 0.15) is 18.2 Å². The molecule has 3 aromatic carbocycles. The molecule has 1 N–H and O–H groups in total. The number of hydrogen-bond donors (Lipinski definition) is 1. The van der Waals surface area contributed by atoms with E-state index in [4.69, 9.17) is 9.47 Å². The predicted molar refractivity (Wildman–Crippen MR) is 140 cm³/mol. The number of benzene rings is 3. The monoisotopic (exact) mass is 520 g/mol. The molecule has 1 aromatic heterocycles. The number of rotatable bonds is 8. The number of hydrogen-bond acceptors (Lipinski definition) is 4. The van der Waals surface area contributed by atoms with Gasteiger partial charge in [0.15, 0.2) is 11.6 Å². The molecule has 0 unspecified atom stereocenters. The third kappa shape index (κ3) is 6.97. The molecule has 0 bridgehead atoms. The molecule has 8 heteroatoms. The highest BCUT2D eigenvalue weighted by Crippen LogP contribution is 2.25. The lowest BCUT2D eigenvalue weighted by molar-refractivity contribution is -0.147. The number of carbonyl (C=O) groups is 2. The molecule has 0 aliphatic heterocycles. The standard InChI is InChI=1S/C30H30F2N2O4/c1-30(2,3)38-29(36)33-26(28(35)37-19-20-9-5-4-6-10-20)16-22-18-34(27-12-8-7-11-23(22)27)17-21-13-14-24(31)25(32)15-21/h4-15,18,26H,16-17,19H2,1-3H3,(H,33,36)/t26-/m0/s1. The van der Waals surface area contributed by atoms with Gasteiger partial charge in [0.25, 0.3) is 0 Å². The minimum atomic E-state index is -1.02. The summed E-state index contributed by atoms with van der Waals surface area (Å²) in [5.41, 5.74) is 2.28. The summed E-state index contributed by atoms with van der Waals surface area (Å²) in [7, 11) is 0. The van der Waals surface area contributed by atoms with E-state index < -0.39 is 35.3 Å². The van der Waals surface area contributed by atoms with Crippen LogP contribution in [0.1, 0.15) is 37.5 Å². The molecule has 0 radical (unpaired) electrons. The molecular weight excluding hydrogens is 490 g/mol. The van der Waals surface area contributed by atoms with Crippen LogP contribution in [0.3, 0.4) is 0 Å². The first-order valence-electron chi connectivity index (χ1n) is 12.3. The van der Waals surface area contributed by atoms with Crippen LogP contribution in [0.2, 0.25) is 0 Å². The Morgan fingerprint density at radius 2 is 1.63 bits per heavy atom. The summed E-state index contributed by atoms with van der Waals surface area (Å²) in [6, 6.07) is 19.6. The normalized spacial score (nSPS) is 12.2. The molecular formula is C30H30F2N2O4. The first-order chi connectivity index (χ1) is 18.1. The zero-order chi connectivity index (χ0) is 27.3. The Labute approximate surface area is 220 Å². The number of amides is 1. The van der Waals surface area contributed by atoms with E-state index in [0.29, 0.717) is 12.1 Å². The SMILES string of the molecule is CC(C)(C)OC(=O)N[C@@H](Cc1cn(Cc2ccc(F)c(F)c2)c2ccccc12)C(=O)OCc1ccccc1. The number of aromatic nitrogens is 1. The van der Waals surface area contributed by atoms with Gasteiger partial charge in [-0.25, -0.2) is 18.4 Å². The molecule has 4 rings (SSSR count). The Balaban J connectivity index is 1.60. The van der Waals surface area contributed by atoms with Crippen molar-refractivity contribution < 1.29 is 27.8 Å². The van der Waals surface area contributed by atoms with Crippen LogP contribution in [-0.2, 0) is 33.8 Å². The number of esters is 1. The van der Waals surface area contributed by atoms with Gasteiger partial charge in [-0.2, -0.15) is 0 Å². The van der Waals surface area contributed by atoms with Crippen LogP contribution in [-0.4, -0.2) is 28.3 Å². The minimum absolute atomic E-state index is 0.0596. The number of nitrogens with one attached hydrogen (secondary N) is 1. The molecule has 0 aliphatic carbocycles. The van der Waals surface area contributed by atoms with E-state index in [-0.39, 0.29) is 13.0 Å². The van der Waals surface area contributed by atoms with Crippen molar-refractivity contribution in [1.82, 2.24) is 9.88 Å². The third-order valence-electron chi connectivity index (χ3n) is 5.83. The maximum atomic E-state index is 13.8. The summed E-state index contributed by atoms with van der Waals surface area (Å²) in [5.74, 6) is -2.42. The molecule has 0 aliphatic rings. The van der Waals surface area contributed by atoms with Gasteiger partial charge in [-0.1, -0.05) is 54.6 Å². The molecule has 0 spiro atoms. The van der Waals surface area contributed by atoms with Gasteiger partial charge in [-0.05, 0) is 55.7 Å². The lowest BCUT2D eigenvalue weighted by atomic mass is 10.1. The number of carbonyl (C=O) groups excluding carboxylic acids is 2. The van der Waals surface area contributed by atoms with Gasteiger partial charge in [-0.15, -0.1) is 0 Å². The molecule has 1 atom stereocenters. The zero-order valence-corrected chi connectivity index (χ0v) is 21.5. The summed E-state index contributed by atoms with van der Waals surface area (Å²) >= 11 is 0. The molecule has 6 nitrogen and oxygen atoms in total. The molecule has 4 aromatic rings. The number of nitrogens with zero attached hydrogens (tertiary/aromatic N) is 1. The van der Waals surface area contributed by atoms with Crippen LogP contribution in [0.4, 0.5) is 13.6 Å². The van der Waals surface area contributed by atoms with Crippen molar-refractivity contribution in [3.05, 3.63) is 107 Å². The van der Waals surface area contributed by atoms with Crippen LogP contribution >= 0.6 is 0 Å². The fraction of sp³-hybridized carbons (Fsp3) is 0.267. The van der Waals surface area contributed by atoms with E-state index in [2.05, 4.69) is 5.32 Å². The first-order valence-corrected chi connectivity index (χ1v) is 12.3. The van der Waals surface area contributed by atoms with Gasteiger partial charge >= 0.3 is 12.1 Å². The Morgan fingerprint density at radius 3 is 2.34 bits per heavy atom. The fourth-order valence-electron chi connectivity index (χ4n) is 4.14. The summed E-state index contributed by atoms with van der Waals surface area (Å²) < 4.78 is 40.1. The Morgan fingerprint density at radius 1 is 0.921 bits per heavy atom. The van der Waals surface area contributed by atoms with Crippen LogP contribution in [0.15, 0.2) is 79.0 Å². The molecule has 0 saturated heterocycles. The van der Waals surface area contributed by atoms with Gasteiger partial charge in [0, 0.05) is 30.1 Å². The average Bonchev–Trinajstić information content (AvgIpc) is 3.21. The maximum Gasteiger partial charge on any atom is 0.408 e. The maximum absolute atomic E-state index is 13.8. The molecule has 1 amide bonds. The number of para-hydroxylation sites is 1. The van der Waals surface area contributed by atoms with Gasteiger partial charge in [0.2, 0.25) is 0 Å². The number of halogens is 2. The van der Waals surface area contributed by atoms with Crippen molar-refractivity contribution in [2.45, 2.75) is 52.0 Å². The van der Waals surface area contributed by atoms with Crippen molar-refractivity contribution in [2.24, 2.45) is 0 Å². The highest BCUT2D eigenvalue weighted by atomic mass is 19.2. The lowest BCUT2D eigenvalue weighted by Gasteiger charge is -2.23. The van der Waals surface area contributed by atoms with Crippen molar-refractivity contribution in [1.29, 1.82) is 0 Å². The molecule has 198 valence electrons. The van der Waals surface area contributed by atoms with Gasteiger partial charge in [-0.3, -0.25) is 0 Å². The van der Waals surface area contributed by atoms with E-state index in [1.165, 1.54) is 6.07 Å². The van der Waals surface area contributed by atoms with Crippen molar-refractivity contribution in [3.63, 3.8) is 0 Å². The first kappa shape index (κ1) is 26.9. The largest absolute Gasteiger partial charge is 0.459 e. The van der Waals surface area contributed by atoms with Crippen LogP contribution < -0.4 is 5.32 Å². The summed E-state index contributed by atoms with van der Waals surface area (Å²) in [4.78, 5) is 25.7. The number of ether oxygens (including phenoxy) is 2. The smallest absolute Gasteiger partial charge is 0.408 e. The number of fused-ring (bicyclic) bond motifs is 1. The van der Waals surface area contributed by atoms with Crippen LogP contribution in [0.5, 0.6) is 0 Å². The average molecular weight is 521 g/mol. The van der Waals surface area contributed by atoms with Crippen LogP contribution in [0.25, 0.3) is 10.9 Å². The van der Waals surface area contributed by atoms with Crippen LogP contribution in [0, 0.1) is 11.6 Å². The van der Waals surface area contributed by atoms with Crippen molar-refractivity contribution >= 4 is 23.0 Å². The molecule has 1 heterocycles. The molecule has 38 heavy (non-hydrogen) atoms. The Kier molecular flexibility index (Phi) is 8.10. The highest BCUT2D eigenvalue weighted by Gasteiger charge is 2.27. The lowest BCUT2D eigenvalue weighted by Crippen LogP contribution is -2.45. The second kappa shape index (κ2) is 11.5. The van der Waals surface area contributed by atoms with Gasteiger partial charge < -0.3 is 19.4 Å². The fourth-order valence-corrected chi connectivity index (χ4v) is 4.14. The predicted octanol–water partition coefficient (Wildman–Crippen LogP) is 6.15.